The summed E-state index contributed by atoms with van der Waals surface area (Å²) in [6.07, 6.45) is 2.08. The van der Waals surface area contributed by atoms with E-state index in [-0.39, 0.29) is 35.9 Å². The Morgan fingerprint density at radius 3 is 2.27 bits per heavy atom. The molecule has 7 nitrogen and oxygen atoms in total. The monoisotopic (exact) mass is 514 g/mol. The van der Waals surface area contributed by atoms with Crippen molar-refractivity contribution >= 4 is 23.3 Å². The molecular formula is C30H42O7. The Hall–Kier alpha value is -2.12. The standard InChI is InChI=1S/C30H42O7/c1-15(9-8-10-16(2)26(36)37)17-13-21(33)30(7)22-18(31)14-19-27(3,4)20(32)11-12-28(19,5)23(22)24(34)25(35)29(17,30)6/h9,16-17,19-20,25,32,35H,8,10-14H2,1-7H3,(H,36,37)/b15-9+/t16?,17-,19+,20?,25?,28+,29+,30+/m1/s1. The highest BCUT2D eigenvalue weighted by atomic mass is 16.4. The Morgan fingerprint density at radius 2 is 1.68 bits per heavy atom. The largest absolute Gasteiger partial charge is 0.481 e. The van der Waals surface area contributed by atoms with Crippen LogP contribution in [0.25, 0.3) is 0 Å². The first-order valence-electron chi connectivity index (χ1n) is 13.6. The minimum absolute atomic E-state index is 0.114. The molecule has 0 aromatic rings. The van der Waals surface area contributed by atoms with Gasteiger partial charge in [0.05, 0.1) is 17.4 Å². The molecule has 7 heteroatoms. The smallest absolute Gasteiger partial charge is 0.306 e. The molecule has 3 N–H and O–H groups in total. The Kier molecular flexibility index (Phi) is 6.56. The van der Waals surface area contributed by atoms with Crippen molar-refractivity contribution in [1.82, 2.24) is 0 Å². The van der Waals surface area contributed by atoms with Gasteiger partial charge in [-0.1, -0.05) is 46.3 Å². The van der Waals surface area contributed by atoms with Gasteiger partial charge >= 0.3 is 5.97 Å². The molecule has 0 amide bonds. The fourth-order valence-electron chi connectivity index (χ4n) is 8.46. The number of carbonyl (C=O) groups excluding carboxylic acids is 3. The number of hydrogen-bond acceptors (Lipinski definition) is 6. The molecule has 0 saturated heterocycles. The van der Waals surface area contributed by atoms with E-state index in [4.69, 9.17) is 0 Å². The highest BCUT2D eigenvalue weighted by Gasteiger charge is 2.73. The van der Waals surface area contributed by atoms with Crippen molar-refractivity contribution in [1.29, 1.82) is 0 Å². The Morgan fingerprint density at radius 1 is 1.05 bits per heavy atom. The molecule has 0 radical (unpaired) electrons. The van der Waals surface area contributed by atoms with Gasteiger partial charge in [0, 0.05) is 34.8 Å². The molecule has 0 spiro atoms. The van der Waals surface area contributed by atoms with E-state index < -0.39 is 57.5 Å². The number of carboxylic acid groups (broad SMARTS) is 1. The van der Waals surface area contributed by atoms with E-state index in [1.165, 1.54) is 0 Å². The van der Waals surface area contributed by atoms with Crippen molar-refractivity contribution in [2.45, 2.75) is 99.2 Å². The van der Waals surface area contributed by atoms with Crippen LogP contribution in [0.5, 0.6) is 0 Å². The third-order valence-corrected chi connectivity index (χ3v) is 11.3. The second-order valence-electron chi connectivity index (χ2n) is 13.3. The quantitative estimate of drug-likeness (QED) is 0.472. The number of aliphatic carboxylic acids is 1. The number of carboxylic acids is 1. The summed E-state index contributed by atoms with van der Waals surface area (Å²) in [6.45, 7) is 12.9. The molecule has 2 fully saturated rings. The van der Waals surface area contributed by atoms with E-state index in [1.54, 1.807) is 20.8 Å². The molecular weight excluding hydrogens is 472 g/mol. The Balaban J connectivity index is 1.83. The number of hydrogen-bond donors (Lipinski definition) is 3. The Labute approximate surface area is 219 Å². The number of carbonyl (C=O) groups is 4. The van der Waals surface area contributed by atoms with Crippen molar-refractivity contribution in [3.05, 3.63) is 22.8 Å². The van der Waals surface area contributed by atoms with Crippen LogP contribution in [0.2, 0.25) is 0 Å². The van der Waals surface area contributed by atoms with Crippen LogP contribution in [0.3, 0.4) is 0 Å². The van der Waals surface area contributed by atoms with Gasteiger partial charge in [-0.3, -0.25) is 19.2 Å². The van der Waals surface area contributed by atoms with Crippen LogP contribution in [0, 0.1) is 39.4 Å². The molecule has 3 unspecified atom stereocenters. The number of ketones is 3. The molecule has 4 aliphatic carbocycles. The average Bonchev–Trinajstić information content (AvgIpc) is 3.03. The predicted octanol–water partition coefficient (Wildman–Crippen LogP) is 4.05. The lowest BCUT2D eigenvalue weighted by molar-refractivity contribution is -0.156. The number of Topliss-reactive ketones (excluding diaryl/α,β-unsaturated/α-hetero) is 3. The summed E-state index contributed by atoms with van der Waals surface area (Å²) in [5, 5.41) is 31.6. The summed E-state index contributed by atoms with van der Waals surface area (Å²) in [4.78, 5) is 53.0. The van der Waals surface area contributed by atoms with Crippen molar-refractivity contribution in [3.8, 4) is 0 Å². The van der Waals surface area contributed by atoms with E-state index in [0.29, 0.717) is 31.3 Å². The van der Waals surface area contributed by atoms with Crippen molar-refractivity contribution < 1.29 is 34.5 Å². The van der Waals surface area contributed by atoms with Gasteiger partial charge < -0.3 is 15.3 Å². The van der Waals surface area contributed by atoms with Crippen molar-refractivity contribution in [2.24, 2.45) is 39.4 Å². The highest BCUT2D eigenvalue weighted by molar-refractivity contribution is 6.17. The first kappa shape index (κ1) is 27.9. The van der Waals surface area contributed by atoms with Crippen LogP contribution < -0.4 is 0 Å². The second-order valence-corrected chi connectivity index (χ2v) is 13.3. The third kappa shape index (κ3) is 3.52. The van der Waals surface area contributed by atoms with Crippen LogP contribution in [0.4, 0.5) is 0 Å². The molecule has 204 valence electrons. The molecule has 2 saturated carbocycles. The molecule has 37 heavy (non-hydrogen) atoms. The van der Waals surface area contributed by atoms with Crippen LogP contribution in [0.1, 0.15) is 87.0 Å². The summed E-state index contributed by atoms with van der Waals surface area (Å²) < 4.78 is 0. The summed E-state index contributed by atoms with van der Waals surface area (Å²) >= 11 is 0. The second kappa shape index (κ2) is 8.70. The SMILES string of the molecule is C/C(=C\CCC(C)C(=O)O)[C@H]1CC(=O)[C@@]2(C)C3=C(C(=O)C(O)[C@]12C)[C@@]1(C)CCC(O)C(C)(C)[C@@H]1CC3=O. The number of aliphatic hydroxyl groups excluding tert-OH is 2. The normalized spacial score (nSPS) is 42.3. The molecule has 0 aromatic carbocycles. The number of rotatable bonds is 5. The van der Waals surface area contributed by atoms with Crippen LogP contribution in [-0.4, -0.2) is 50.8 Å². The lowest BCUT2D eigenvalue weighted by atomic mass is 9.42. The molecule has 0 aliphatic heterocycles. The lowest BCUT2D eigenvalue weighted by Gasteiger charge is -2.60. The summed E-state index contributed by atoms with van der Waals surface area (Å²) in [5.74, 6) is -2.91. The maximum Gasteiger partial charge on any atom is 0.306 e. The van der Waals surface area contributed by atoms with E-state index >= 15 is 0 Å². The molecule has 8 atom stereocenters. The van der Waals surface area contributed by atoms with E-state index in [0.717, 1.165) is 5.57 Å². The Bertz CT molecular complexity index is 1130. The first-order valence-corrected chi connectivity index (χ1v) is 13.6. The van der Waals surface area contributed by atoms with Gasteiger partial charge in [0.1, 0.15) is 11.9 Å². The van der Waals surface area contributed by atoms with Crippen LogP contribution in [-0.2, 0) is 19.2 Å². The number of allylic oxidation sites excluding steroid dienone is 3. The van der Waals surface area contributed by atoms with E-state index in [1.807, 2.05) is 33.8 Å². The van der Waals surface area contributed by atoms with Crippen molar-refractivity contribution in [2.75, 3.05) is 0 Å². The minimum Gasteiger partial charge on any atom is -0.481 e. The van der Waals surface area contributed by atoms with Gasteiger partial charge in [0.2, 0.25) is 0 Å². The average molecular weight is 515 g/mol. The van der Waals surface area contributed by atoms with Gasteiger partial charge in [0.15, 0.2) is 11.6 Å². The molecule has 0 heterocycles. The topological polar surface area (TPSA) is 129 Å². The lowest BCUT2D eigenvalue weighted by Crippen LogP contribution is -2.64. The molecule has 4 aliphatic rings. The van der Waals surface area contributed by atoms with Gasteiger partial charge in [0.25, 0.3) is 0 Å². The van der Waals surface area contributed by atoms with E-state index in [2.05, 4.69) is 0 Å². The third-order valence-electron chi connectivity index (χ3n) is 11.3. The van der Waals surface area contributed by atoms with Crippen LogP contribution >= 0.6 is 0 Å². The minimum atomic E-state index is -1.45. The van der Waals surface area contributed by atoms with Gasteiger partial charge in [-0.25, -0.2) is 0 Å². The zero-order chi connectivity index (χ0) is 27.9. The summed E-state index contributed by atoms with van der Waals surface area (Å²) in [6, 6.07) is 0. The van der Waals surface area contributed by atoms with Crippen molar-refractivity contribution in [3.63, 3.8) is 0 Å². The zero-order valence-electron chi connectivity index (χ0n) is 23.2. The van der Waals surface area contributed by atoms with Gasteiger partial charge in [-0.05, 0) is 56.8 Å². The van der Waals surface area contributed by atoms with Crippen LogP contribution in [0.15, 0.2) is 22.8 Å². The number of fused-ring (bicyclic) bond motifs is 4. The fourth-order valence-corrected chi connectivity index (χ4v) is 8.46. The van der Waals surface area contributed by atoms with Gasteiger partial charge in [-0.15, -0.1) is 0 Å². The zero-order valence-corrected chi connectivity index (χ0v) is 23.2. The summed E-state index contributed by atoms with van der Waals surface area (Å²) in [7, 11) is 0. The maximum absolute atomic E-state index is 14.1. The molecule has 4 rings (SSSR count). The highest BCUT2D eigenvalue weighted by Crippen LogP contribution is 2.69. The van der Waals surface area contributed by atoms with E-state index in [9.17, 15) is 34.5 Å². The molecule has 0 aromatic heterocycles. The first-order chi connectivity index (χ1) is 17.0. The van der Waals surface area contributed by atoms with Gasteiger partial charge in [-0.2, -0.15) is 0 Å². The number of aliphatic hydroxyl groups is 2. The predicted molar refractivity (Wildman–Crippen MR) is 137 cm³/mol. The maximum atomic E-state index is 14.1. The summed E-state index contributed by atoms with van der Waals surface area (Å²) in [5.41, 5.74) is -2.38. The molecule has 0 bridgehead atoms. The fraction of sp³-hybridized carbons (Fsp3) is 0.733.